The Kier molecular flexibility index (Phi) is 5.22. The van der Waals surface area contributed by atoms with Crippen molar-refractivity contribution in [2.45, 2.75) is 25.6 Å². The van der Waals surface area contributed by atoms with Crippen molar-refractivity contribution in [2.75, 3.05) is 19.7 Å². The number of pyridine rings is 1. The Balaban J connectivity index is 1.46. The average Bonchev–Trinajstić information content (AvgIpc) is 2.99. The fourth-order valence-electron chi connectivity index (χ4n) is 2.82. The first-order chi connectivity index (χ1) is 11.9. The number of hydrogen-bond donors (Lipinski definition) is 0. The zero-order valence-corrected chi connectivity index (χ0v) is 13.9. The molecule has 1 fully saturated rings. The molecule has 25 heavy (non-hydrogen) atoms. The summed E-state index contributed by atoms with van der Waals surface area (Å²) in [5.41, 5.74) is -0.927. The molecular weight excluding hydrogens is 335 g/mol. The molecule has 0 bridgehead atoms. The van der Waals surface area contributed by atoms with E-state index in [0.29, 0.717) is 12.5 Å². The van der Waals surface area contributed by atoms with Crippen molar-refractivity contribution in [2.24, 2.45) is 13.0 Å². The van der Waals surface area contributed by atoms with Crippen LogP contribution in [-0.4, -0.2) is 44.3 Å². The Morgan fingerprint density at radius 3 is 2.64 bits per heavy atom. The van der Waals surface area contributed by atoms with Crippen LogP contribution in [-0.2, 0) is 19.8 Å². The molecule has 0 unspecified atom stereocenters. The van der Waals surface area contributed by atoms with E-state index in [9.17, 15) is 13.2 Å². The molecule has 0 aliphatic carbocycles. The Morgan fingerprint density at radius 2 is 2.00 bits per heavy atom. The third-order valence-electron chi connectivity index (χ3n) is 4.36. The molecule has 0 amide bonds. The van der Waals surface area contributed by atoms with Gasteiger partial charge in [-0.1, -0.05) is 6.07 Å². The van der Waals surface area contributed by atoms with Gasteiger partial charge < -0.3 is 9.30 Å². The van der Waals surface area contributed by atoms with Gasteiger partial charge in [0.15, 0.2) is 0 Å². The van der Waals surface area contributed by atoms with E-state index < -0.39 is 11.9 Å². The molecule has 1 saturated heterocycles. The molecule has 0 N–H and O–H groups in total. The summed E-state index contributed by atoms with van der Waals surface area (Å²) >= 11 is 0. The molecule has 3 rings (SSSR count). The van der Waals surface area contributed by atoms with Gasteiger partial charge in [-0.2, -0.15) is 13.2 Å². The molecule has 0 saturated carbocycles. The molecule has 1 aliphatic heterocycles. The molecule has 0 atom stereocenters. The van der Waals surface area contributed by atoms with Crippen LogP contribution in [0.5, 0.6) is 5.88 Å². The maximum atomic E-state index is 12.7. The smallest absolute Gasteiger partial charge is 0.433 e. The third kappa shape index (κ3) is 4.68. The van der Waals surface area contributed by atoms with Crippen molar-refractivity contribution in [3.8, 4) is 5.88 Å². The number of piperidine rings is 1. The van der Waals surface area contributed by atoms with E-state index >= 15 is 0 Å². The van der Waals surface area contributed by atoms with E-state index in [0.717, 1.165) is 44.4 Å². The number of ether oxygens (including phenoxy) is 1. The maximum absolute atomic E-state index is 12.7. The molecule has 136 valence electrons. The first-order valence-corrected chi connectivity index (χ1v) is 8.14. The Hall–Kier alpha value is -2.16. The minimum Gasteiger partial charge on any atom is -0.477 e. The van der Waals surface area contributed by atoms with Gasteiger partial charge in [0.05, 0.1) is 13.2 Å². The molecular formula is C16H20F3N5O. The van der Waals surface area contributed by atoms with Crippen LogP contribution >= 0.6 is 0 Å². The van der Waals surface area contributed by atoms with Crippen LogP contribution < -0.4 is 4.74 Å². The van der Waals surface area contributed by atoms with Crippen molar-refractivity contribution in [1.29, 1.82) is 0 Å². The molecule has 0 radical (unpaired) electrons. The lowest BCUT2D eigenvalue weighted by Gasteiger charge is -2.31. The number of aromatic nitrogens is 4. The van der Waals surface area contributed by atoms with Crippen LogP contribution in [0.1, 0.15) is 24.4 Å². The standard InChI is InChI=1S/C16H20F3N5O/c1-23-11-20-22-14(23)9-24-7-5-12(6-8-24)10-25-15-4-2-3-13(21-15)16(17,18)19/h2-4,11-12H,5-10H2,1H3. The molecule has 0 aromatic carbocycles. The van der Waals surface area contributed by atoms with Crippen molar-refractivity contribution >= 4 is 0 Å². The van der Waals surface area contributed by atoms with Crippen molar-refractivity contribution in [3.05, 3.63) is 36.0 Å². The van der Waals surface area contributed by atoms with Gasteiger partial charge in [0.25, 0.3) is 0 Å². The van der Waals surface area contributed by atoms with Gasteiger partial charge in [-0.3, -0.25) is 4.90 Å². The zero-order valence-electron chi connectivity index (χ0n) is 13.9. The number of nitrogens with zero attached hydrogens (tertiary/aromatic N) is 5. The molecule has 0 spiro atoms. The van der Waals surface area contributed by atoms with Crippen LogP contribution in [0.25, 0.3) is 0 Å². The highest BCUT2D eigenvalue weighted by molar-refractivity contribution is 5.17. The van der Waals surface area contributed by atoms with E-state index in [4.69, 9.17) is 4.74 Å². The predicted octanol–water partition coefficient (Wildman–Crippen LogP) is 2.52. The van der Waals surface area contributed by atoms with Gasteiger partial charge in [0, 0.05) is 13.1 Å². The van der Waals surface area contributed by atoms with Gasteiger partial charge >= 0.3 is 6.18 Å². The monoisotopic (exact) mass is 355 g/mol. The predicted molar refractivity (Wildman–Crippen MR) is 83.7 cm³/mol. The number of likely N-dealkylation sites (tertiary alicyclic amines) is 1. The van der Waals surface area contributed by atoms with Gasteiger partial charge in [-0.25, -0.2) is 4.98 Å². The van der Waals surface area contributed by atoms with Crippen LogP contribution in [0, 0.1) is 5.92 Å². The molecule has 2 aromatic heterocycles. The summed E-state index contributed by atoms with van der Waals surface area (Å²) in [6.45, 7) is 2.93. The van der Waals surface area contributed by atoms with Gasteiger partial charge in [-0.15, -0.1) is 10.2 Å². The van der Waals surface area contributed by atoms with Crippen LogP contribution in [0.2, 0.25) is 0 Å². The van der Waals surface area contributed by atoms with Gasteiger partial charge in [0.2, 0.25) is 5.88 Å². The van der Waals surface area contributed by atoms with Crippen LogP contribution in [0.15, 0.2) is 24.5 Å². The van der Waals surface area contributed by atoms with Gasteiger partial charge in [-0.05, 0) is 37.9 Å². The second-order valence-electron chi connectivity index (χ2n) is 6.25. The first-order valence-electron chi connectivity index (χ1n) is 8.14. The average molecular weight is 355 g/mol. The number of hydrogen-bond acceptors (Lipinski definition) is 5. The molecule has 1 aliphatic rings. The normalized spacial score (nSPS) is 17.0. The van der Waals surface area contributed by atoms with Gasteiger partial charge in [0.1, 0.15) is 17.8 Å². The summed E-state index contributed by atoms with van der Waals surface area (Å²) in [6.07, 6.45) is -0.920. The first kappa shape index (κ1) is 17.7. The quantitative estimate of drug-likeness (QED) is 0.825. The summed E-state index contributed by atoms with van der Waals surface area (Å²) in [4.78, 5) is 5.82. The lowest BCUT2D eigenvalue weighted by atomic mass is 9.98. The van der Waals surface area contributed by atoms with E-state index in [1.807, 2.05) is 11.6 Å². The summed E-state index contributed by atoms with van der Waals surface area (Å²) < 4.78 is 45.3. The lowest BCUT2D eigenvalue weighted by molar-refractivity contribution is -0.141. The largest absolute Gasteiger partial charge is 0.477 e. The molecule has 6 nitrogen and oxygen atoms in total. The topological polar surface area (TPSA) is 56.1 Å². The molecule has 9 heteroatoms. The zero-order chi connectivity index (χ0) is 17.9. The number of halogens is 3. The highest BCUT2D eigenvalue weighted by atomic mass is 19.4. The fourth-order valence-corrected chi connectivity index (χ4v) is 2.82. The van der Waals surface area contributed by atoms with E-state index in [2.05, 4.69) is 20.1 Å². The van der Waals surface area contributed by atoms with Crippen LogP contribution in [0.3, 0.4) is 0 Å². The summed E-state index contributed by atoms with van der Waals surface area (Å²) in [5.74, 6) is 1.26. The fraction of sp³-hybridized carbons (Fsp3) is 0.562. The second-order valence-corrected chi connectivity index (χ2v) is 6.25. The van der Waals surface area contributed by atoms with Crippen molar-refractivity contribution in [3.63, 3.8) is 0 Å². The van der Waals surface area contributed by atoms with Crippen LogP contribution in [0.4, 0.5) is 13.2 Å². The van der Waals surface area contributed by atoms with E-state index in [-0.39, 0.29) is 5.88 Å². The highest BCUT2D eigenvalue weighted by Gasteiger charge is 2.32. The Labute approximate surface area is 143 Å². The summed E-state index contributed by atoms with van der Waals surface area (Å²) in [7, 11) is 1.91. The third-order valence-corrected chi connectivity index (χ3v) is 4.36. The van der Waals surface area contributed by atoms with E-state index in [1.54, 1.807) is 6.33 Å². The maximum Gasteiger partial charge on any atom is 0.433 e. The second kappa shape index (κ2) is 7.38. The molecule has 3 heterocycles. The summed E-state index contributed by atoms with van der Waals surface area (Å²) in [6, 6.07) is 3.71. The number of aryl methyl sites for hydroxylation is 1. The summed E-state index contributed by atoms with van der Waals surface area (Å²) in [5, 5.41) is 7.95. The molecule has 2 aromatic rings. The van der Waals surface area contributed by atoms with Crippen molar-refractivity contribution < 1.29 is 17.9 Å². The van der Waals surface area contributed by atoms with Crippen molar-refractivity contribution in [1.82, 2.24) is 24.6 Å². The number of alkyl halides is 3. The minimum atomic E-state index is -4.45. The van der Waals surface area contributed by atoms with E-state index in [1.165, 1.54) is 12.1 Å². The highest BCUT2D eigenvalue weighted by Crippen LogP contribution is 2.29. The Bertz CT molecular complexity index is 695. The minimum absolute atomic E-state index is 0.0244. The Morgan fingerprint density at radius 1 is 1.24 bits per heavy atom. The SMILES string of the molecule is Cn1cnnc1CN1CCC(COc2cccc(C(F)(F)F)n2)CC1. The lowest BCUT2D eigenvalue weighted by Crippen LogP contribution is -2.35. The number of rotatable bonds is 5.